The van der Waals surface area contributed by atoms with Crippen molar-refractivity contribution >= 4 is 21.9 Å². The lowest BCUT2D eigenvalue weighted by Crippen LogP contribution is -2.33. The molecular weight excluding hydrogens is 418 g/mol. The third-order valence-corrected chi connectivity index (χ3v) is 6.71. The number of hydrogen-bond acceptors (Lipinski definition) is 6. The van der Waals surface area contributed by atoms with Crippen LogP contribution in [0.1, 0.15) is 38.2 Å². The highest BCUT2D eigenvalue weighted by Crippen LogP contribution is 2.34. The quantitative estimate of drug-likeness (QED) is 0.421. The third kappa shape index (κ3) is 4.18. The molecule has 170 valence electrons. The maximum absolute atomic E-state index is 12.8. The second kappa shape index (κ2) is 8.87. The number of nitrogens with zero attached hydrogens (tertiary/aromatic N) is 1. The smallest absolute Gasteiger partial charge is 0.344 e. The van der Waals surface area contributed by atoms with Crippen molar-refractivity contribution in [3.63, 3.8) is 0 Å². The zero-order valence-corrected chi connectivity index (χ0v) is 18.7. The monoisotopic (exact) mass is 445 g/mol. The minimum Gasteiger partial charge on any atom is -0.507 e. The van der Waals surface area contributed by atoms with Crippen molar-refractivity contribution in [3.8, 4) is 16.9 Å². The van der Waals surface area contributed by atoms with Crippen molar-refractivity contribution in [2.75, 3.05) is 13.1 Å². The second-order valence-electron chi connectivity index (χ2n) is 8.91. The molecule has 0 bridgehead atoms. The molecule has 1 aliphatic heterocycles. The number of aromatic hydroxyl groups is 1. The third-order valence-electron chi connectivity index (χ3n) is 6.71. The first kappa shape index (κ1) is 21.5. The van der Waals surface area contributed by atoms with E-state index in [1.807, 2.05) is 12.1 Å². The Kier molecular flexibility index (Phi) is 5.77. The van der Waals surface area contributed by atoms with Crippen molar-refractivity contribution in [1.29, 1.82) is 0 Å². The Bertz CT molecular complexity index is 1430. The first-order valence-electron chi connectivity index (χ1n) is 11.6. The molecule has 1 aliphatic rings. The minimum atomic E-state index is -0.571. The number of phenolic OH excluding ortho intramolecular Hbond substituents is 1. The van der Waals surface area contributed by atoms with E-state index in [0.29, 0.717) is 39.8 Å². The maximum Gasteiger partial charge on any atom is 0.344 e. The van der Waals surface area contributed by atoms with Crippen LogP contribution in [0.15, 0.2) is 67.0 Å². The highest BCUT2D eigenvalue weighted by atomic mass is 16.4. The molecule has 0 atom stereocenters. The predicted molar refractivity (Wildman–Crippen MR) is 129 cm³/mol. The average molecular weight is 446 g/mol. The highest BCUT2D eigenvalue weighted by molar-refractivity contribution is 5.97. The molecule has 3 heterocycles. The van der Waals surface area contributed by atoms with Gasteiger partial charge in [-0.2, -0.15) is 0 Å². The zero-order valence-electron chi connectivity index (χ0n) is 18.7. The van der Waals surface area contributed by atoms with E-state index in [9.17, 15) is 14.7 Å². The molecule has 6 heteroatoms. The lowest BCUT2D eigenvalue weighted by Gasteiger charge is -2.32. The summed E-state index contributed by atoms with van der Waals surface area (Å²) in [7, 11) is 0. The van der Waals surface area contributed by atoms with Gasteiger partial charge < -0.3 is 13.9 Å². The lowest BCUT2D eigenvalue weighted by atomic mass is 9.92. The van der Waals surface area contributed by atoms with Gasteiger partial charge in [-0.05, 0) is 56.1 Å². The number of piperidine rings is 1. The van der Waals surface area contributed by atoms with Crippen LogP contribution >= 0.6 is 0 Å². The summed E-state index contributed by atoms with van der Waals surface area (Å²) in [5.41, 5.74) is 1.04. The topological polar surface area (TPSA) is 83.9 Å². The van der Waals surface area contributed by atoms with Crippen LogP contribution in [0.2, 0.25) is 0 Å². The maximum atomic E-state index is 12.8. The molecule has 0 unspecified atom stereocenters. The Morgan fingerprint density at radius 2 is 1.79 bits per heavy atom. The van der Waals surface area contributed by atoms with Crippen LogP contribution in [0, 0.1) is 5.92 Å². The van der Waals surface area contributed by atoms with Crippen LogP contribution < -0.4 is 11.3 Å². The predicted octanol–water partition coefficient (Wildman–Crippen LogP) is 5.28. The fraction of sp³-hybridized carbons (Fsp3) is 0.333. The molecular formula is C27H27NO5. The molecule has 2 aromatic carbocycles. The SMILES string of the molecule is CCCC1CCN(Cc2c(O)ccc3c(-c4cc5ccccc5oc4=O)cc(=O)oc23)CC1. The van der Waals surface area contributed by atoms with Crippen molar-refractivity contribution in [2.24, 2.45) is 5.92 Å². The van der Waals surface area contributed by atoms with E-state index in [0.717, 1.165) is 37.2 Å². The standard InChI is InChI=1S/C27H27NO5/c1-2-5-17-10-12-28(13-11-17)16-22-23(29)9-8-19-20(15-25(30)33-26(19)22)21-14-18-6-3-4-7-24(18)32-27(21)31/h3-4,6-9,14-15,17,29H,2,5,10-13,16H2,1H3. The highest BCUT2D eigenvalue weighted by Gasteiger charge is 2.22. The van der Waals surface area contributed by atoms with Crippen LogP contribution in [0.3, 0.4) is 0 Å². The first-order valence-corrected chi connectivity index (χ1v) is 11.6. The molecule has 6 nitrogen and oxygen atoms in total. The Hall–Kier alpha value is -3.38. The number of rotatable bonds is 5. The van der Waals surface area contributed by atoms with E-state index in [1.54, 1.807) is 30.3 Å². The minimum absolute atomic E-state index is 0.0871. The van der Waals surface area contributed by atoms with Gasteiger partial charge >= 0.3 is 11.3 Å². The van der Waals surface area contributed by atoms with Crippen molar-refractivity contribution in [2.45, 2.75) is 39.2 Å². The molecule has 4 aromatic rings. The molecule has 1 N–H and O–H groups in total. The van der Waals surface area contributed by atoms with Gasteiger partial charge in [-0.1, -0.05) is 38.0 Å². The second-order valence-corrected chi connectivity index (χ2v) is 8.91. The number of benzene rings is 2. The van der Waals surface area contributed by atoms with Crippen molar-refractivity contribution in [1.82, 2.24) is 4.90 Å². The number of phenols is 1. The summed E-state index contributed by atoms with van der Waals surface area (Å²) < 4.78 is 11.1. The van der Waals surface area contributed by atoms with Gasteiger partial charge in [-0.3, -0.25) is 4.90 Å². The average Bonchev–Trinajstić information content (AvgIpc) is 2.81. The van der Waals surface area contributed by atoms with Crippen LogP contribution in [-0.2, 0) is 6.54 Å². The summed E-state index contributed by atoms with van der Waals surface area (Å²) in [5, 5.41) is 12.0. The molecule has 0 radical (unpaired) electrons. The van der Waals surface area contributed by atoms with Crippen LogP contribution in [0.4, 0.5) is 0 Å². The molecule has 0 spiro atoms. The number of para-hydroxylation sites is 1. The van der Waals surface area contributed by atoms with Gasteiger partial charge in [-0.15, -0.1) is 0 Å². The normalized spacial score (nSPS) is 15.4. The summed E-state index contributed by atoms with van der Waals surface area (Å²) in [5.74, 6) is 0.841. The molecule has 0 aliphatic carbocycles. The Labute approximate surface area is 191 Å². The van der Waals surface area contributed by atoms with E-state index in [2.05, 4.69) is 11.8 Å². The molecule has 2 aromatic heterocycles. The first-order chi connectivity index (χ1) is 16.0. The summed E-state index contributed by atoms with van der Waals surface area (Å²) in [6.07, 6.45) is 4.71. The molecule has 1 saturated heterocycles. The Balaban J connectivity index is 1.59. The Morgan fingerprint density at radius 3 is 2.58 bits per heavy atom. The van der Waals surface area contributed by atoms with E-state index >= 15 is 0 Å². The van der Waals surface area contributed by atoms with Crippen LogP contribution in [0.5, 0.6) is 5.75 Å². The summed E-state index contributed by atoms with van der Waals surface area (Å²) in [6.45, 7) is 4.59. The Morgan fingerprint density at radius 1 is 1.00 bits per heavy atom. The van der Waals surface area contributed by atoms with Gasteiger partial charge in [0.05, 0.1) is 11.1 Å². The van der Waals surface area contributed by atoms with Gasteiger partial charge in [0, 0.05) is 28.9 Å². The van der Waals surface area contributed by atoms with Crippen LogP contribution in [0.25, 0.3) is 33.1 Å². The van der Waals surface area contributed by atoms with Crippen molar-refractivity contribution in [3.05, 3.63) is 74.9 Å². The van der Waals surface area contributed by atoms with Gasteiger partial charge in [0.15, 0.2) is 0 Å². The molecule has 0 amide bonds. The molecule has 0 saturated carbocycles. The van der Waals surface area contributed by atoms with Crippen molar-refractivity contribution < 1.29 is 13.9 Å². The number of likely N-dealkylation sites (tertiary alicyclic amines) is 1. The molecule has 33 heavy (non-hydrogen) atoms. The van der Waals surface area contributed by atoms with E-state index in [-0.39, 0.29) is 5.75 Å². The molecule has 1 fully saturated rings. The van der Waals surface area contributed by atoms with E-state index in [4.69, 9.17) is 8.83 Å². The van der Waals surface area contributed by atoms with Gasteiger partial charge in [0.25, 0.3) is 0 Å². The van der Waals surface area contributed by atoms with Gasteiger partial charge in [-0.25, -0.2) is 9.59 Å². The largest absolute Gasteiger partial charge is 0.507 e. The molecule has 5 rings (SSSR count). The van der Waals surface area contributed by atoms with Crippen LogP contribution in [-0.4, -0.2) is 23.1 Å². The van der Waals surface area contributed by atoms with Gasteiger partial charge in [0.2, 0.25) is 0 Å². The van der Waals surface area contributed by atoms with Gasteiger partial charge in [0.1, 0.15) is 16.9 Å². The van der Waals surface area contributed by atoms with E-state index < -0.39 is 11.3 Å². The zero-order chi connectivity index (χ0) is 22.9. The fourth-order valence-corrected chi connectivity index (χ4v) is 4.96. The lowest BCUT2D eigenvalue weighted by molar-refractivity contribution is 0.170. The summed E-state index contributed by atoms with van der Waals surface area (Å²) in [6, 6.07) is 13.6. The number of hydrogen-bond donors (Lipinski definition) is 1. The summed E-state index contributed by atoms with van der Waals surface area (Å²) >= 11 is 0. The fourth-order valence-electron chi connectivity index (χ4n) is 4.96. The number of fused-ring (bicyclic) bond motifs is 2. The van der Waals surface area contributed by atoms with E-state index in [1.165, 1.54) is 18.9 Å². The summed E-state index contributed by atoms with van der Waals surface area (Å²) in [4.78, 5) is 27.6.